The van der Waals surface area contributed by atoms with Gasteiger partial charge in [0.25, 0.3) is 5.89 Å². The van der Waals surface area contributed by atoms with Crippen LogP contribution in [0.4, 0.5) is 5.82 Å². The van der Waals surface area contributed by atoms with Gasteiger partial charge in [0.15, 0.2) is 5.82 Å². The van der Waals surface area contributed by atoms with Crippen LogP contribution in [0.2, 0.25) is 5.02 Å². The van der Waals surface area contributed by atoms with E-state index in [1.807, 2.05) is 26.0 Å². The fourth-order valence-corrected chi connectivity index (χ4v) is 3.35. The van der Waals surface area contributed by atoms with Crippen molar-refractivity contribution in [3.05, 3.63) is 52.2 Å². The molecule has 2 heterocycles. The molecule has 7 heteroatoms. The number of halogens is 1. The summed E-state index contributed by atoms with van der Waals surface area (Å²) in [4.78, 5) is 13.7. The van der Waals surface area contributed by atoms with Gasteiger partial charge in [0.2, 0.25) is 0 Å². The molecule has 1 atom stereocenters. The van der Waals surface area contributed by atoms with Crippen molar-refractivity contribution in [2.45, 2.75) is 45.6 Å². The van der Waals surface area contributed by atoms with E-state index in [-0.39, 0.29) is 6.04 Å². The highest BCUT2D eigenvalue weighted by molar-refractivity contribution is 6.30. The van der Waals surface area contributed by atoms with Crippen molar-refractivity contribution >= 4 is 17.4 Å². The molecule has 1 aliphatic rings. The number of anilines is 1. The van der Waals surface area contributed by atoms with Crippen molar-refractivity contribution in [1.29, 1.82) is 0 Å². The first-order valence-electron chi connectivity index (χ1n) is 8.82. The maximum atomic E-state index is 5.93. The summed E-state index contributed by atoms with van der Waals surface area (Å²) in [5, 5.41) is 8.24. The van der Waals surface area contributed by atoms with E-state index >= 15 is 0 Å². The lowest BCUT2D eigenvalue weighted by Crippen LogP contribution is -2.16. The number of rotatable bonds is 4. The smallest absolute Gasteiger partial charge is 0.257 e. The van der Waals surface area contributed by atoms with E-state index in [4.69, 9.17) is 16.1 Å². The van der Waals surface area contributed by atoms with Crippen LogP contribution in [0, 0.1) is 6.92 Å². The van der Waals surface area contributed by atoms with Crippen LogP contribution in [0.3, 0.4) is 0 Å². The summed E-state index contributed by atoms with van der Waals surface area (Å²) in [6, 6.07) is 7.21. The molecule has 1 aliphatic carbocycles. The van der Waals surface area contributed by atoms with Crippen molar-refractivity contribution < 1.29 is 4.52 Å². The highest BCUT2D eigenvalue weighted by Gasteiger charge is 2.20. The number of hydrogen-bond acceptors (Lipinski definition) is 6. The minimum absolute atomic E-state index is 0.125. The Balaban J connectivity index is 1.57. The summed E-state index contributed by atoms with van der Waals surface area (Å²) in [5.41, 5.74) is 3.22. The molecule has 6 nitrogen and oxygen atoms in total. The molecule has 26 heavy (non-hydrogen) atoms. The van der Waals surface area contributed by atoms with Gasteiger partial charge in [0.1, 0.15) is 11.6 Å². The second-order valence-electron chi connectivity index (χ2n) is 6.58. The Labute approximate surface area is 157 Å². The Morgan fingerprint density at radius 1 is 1.08 bits per heavy atom. The molecule has 0 amide bonds. The van der Waals surface area contributed by atoms with E-state index in [1.54, 1.807) is 12.1 Å². The molecule has 1 N–H and O–H groups in total. The zero-order chi connectivity index (χ0) is 18.1. The van der Waals surface area contributed by atoms with E-state index in [9.17, 15) is 0 Å². The Bertz CT molecular complexity index is 922. The zero-order valence-electron chi connectivity index (χ0n) is 14.8. The Morgan fingerprint density at radius 2 is 1.85 bits per heavy atom. The maximum absolute atomic E-state index is 5.93. The third kappa shape index (κ3) is 3.42. The van der Waals surface area contributed by atoms with Crippen LogP contribution in [-0.4, -0.2) is 20.1 Å². The van der Waals surface area contributed by atoms with Gasteiger partial charge in [-0.05, 0) is 63.8 Å². The van der Waals surface area contributed by atoms with Crippen molar-refractivity contribution in [2.24, 2.45) is 0 Å². The zero-order valence-corrected chi connectivity index (χ0v) is 15.5. The molecule has 0 saturated carbocycles. The summed E-state index contributed by atoms with van der Waals surface area (Å²) in [7, 11) is 0. The fraction of sp³-hybridized carbons (Fsp3) is 0.368. The molecule has 0 aliphatic heterocycles. The van der Waals surface area contributed by atoms with Crippen LogP contribution in [0.25, 0.3) is 11.5 Å². The van der Waals surface area contributed by atoms with Crippen LogP contribution in [0.5, 0.6) is 0 Å². The molecule has 0 spiro atoms. The molecular formula is C19H20ClN5O. The predicted molar refractivity (Wildman–Crippen MR) is 100 cm³/mol. The molecule has 0 bridgehead atoms. The first kappa shape index (κ1) is 17.0. The molecule has 1 unspecified atom stereocenters. The average molecular weight is 370 g/mol. The number of aryl methyl sites for hydroxylation is 2. The van der Waals surface area contributed by atoms with Gasteiger partial charge in [0, 0.05) is 21.8 Å². The number of fused-ring (bicyclic) bond motifs is 1. The maximum Gasteiger partial charge on any atom is 0.257 e. The topological polar surface area (TPSA) is 76.7 Å². The minimum atomic E-state index is -0.125. The standard InChI is InChI=1S/C19H20ClN5O/c1-11(17-24-19(26-25-17)13-7-9-14(20)10-8-13)21-18-15-5-3-4-6-16(15)22-12(2)23-18/h7-11H,3-6H2,1-2H3,(H,21,22,23). The summed E-state index contributed by atoms with van der Waals surface area (Å²) < 4.78 is 5.41. The number of benzene rings is 1. The summed E-state index contributed by atoms with van der Waals surface area (Å²) in [6.07, 6.45) is 4.39. The lowest BCUT2D eigenvalue weighted by molar-refractivity contribution is 0.419. The molecule has 134 valence electrons. The van der Waals surface area contributed by atoms with Crippen molar-refractivity contribution in [3.8, 4) is 11.5 Å². The third-order valence-electron chi connectivity index (χ3n) is 4.57. The number of nitrogens with one attached hydrogen (secondary N) is 1. The highest BCUT2D eigenvalue weighted by Crippen LogP contribution is 2.28. The van der Waals surface area contributed by atoms with E-state index in [2.05, 4.69) is 25.4 Å². The second-order valence-corrected chi connectivity index (χ2v) is 7.02. The molecular weight excluding hydrogens is 350 g/mol. The van der Waals surface area contributed by atoms with Gasteiger partial charge in [-0.3, -0.25) is 0 Å². The monoisotopic (exact) mass is 369 g/mol. The summed E-state index contributed by atoms with van der Waals surface area (Å²) >= 11 is 5.93. The molecule has 0 saturated heterocycles. The quantitative estimate of drug-likeness (QED) is 0.727. The Morgan fingerprint density at radius 3 is 2.65 bits per heavy atom. The van der Waals surface area contributed by atoms with Crippen molar-refractivity contribution in [1.82, 2.24) is 20.1 Å². The van der Waals surface area contributed by atoms with Crippen molar-refractivity contribution in [2.75, 3.05) is 5.32 Å². The van der Waals surface area contributed by atoms with Crippen LogP contribution in [-0.2, 0) is 12.8 Å². The van der Waals surface area contributed by atoms with E-state index in [1.165, 1.54) is 18.4 Å². The van der Waals surface area contributed by atoms with Gasteiger partial charge < -0.3 is 9.84 Å². The first-order chi connectivity index (χ1) is 12.6. The highest BCUT2D eigenvalue weighted by atomic mass is 35.5. The van der Waals surface area contributed by atoms with Crippen LogP contribution < -0.4 is 5.32 Å². The number of hydrogen-bond donors (Lipinski definition) is 1. The van der Waals surface area contributed by atoms with Gasteiger partial charge in [-0.25, -0.2) is 9.97 Å². The van der Waals surface area contributed by atoms with E-state index in [0.29, 0.717) is 16.7 Å². The molecule has 3 aromatic rings. The fourth-order valence-electron chi connectivity index (χ4n) is 3.23. The van der Waals surface area contributed by atoms with Gasteiger partial charge in [-0.15, -0.1) is 0 Å². The Kier molecular flexibility index (Phi) is 4.59. The molecule has 4 rings (SSSR count). The minimum Gasteiger partial charge on any atom is -0.360 e. The normalized spacial score (nSPS) is 14.7. The summed E-state index contributed by atoms with van der Waals surface area (Å²) in [5.74, 6) is 2.75. The number of aromatic nitrogens is 4. The molecule has 0 fully saturated rings. The lowest BCUT2D eigenvalue weighted by atomic mass is 9.96. The van der Waals surface area contributed by atoms with Crippen LogP contribution in [0.15, 0.2) is 28.8 Å². The lowest BCUT2D eigenvalue weighted by Gasteiger charge is -2.20. The second kappa shape index (κ2) is 7.03. The third-order valence-corrected chi connectivity index (χ3v) is 4.82. The van der Waals surface area contributed by atoms with Crippen molar-refractivity contribution in [3.63, 3.8) is 0 Å². The van der Waals surface area contributed by atoms with E-state index in [0.717, 1.165) is 35.7 Å². The van der Waals surface area contributed by atoms with E-state index < -0.39 is 0 Å². The molecule has 1 aromatic carbocycles. The first-order valence-corrected chi connectivity index (χ1v) is 9.20. The van der Waals surface area contributed by atoms with Crippen LogP contribution in [0.1, 0.15) is 48.7 Å². The molecule has 2 aromatic heterocycles. The van der Waals surface area contributed by atoms with Gasteiger partial charge in [-0.1, -0.05) is 16.8 Å². The predicted octanol–water partition coefficient (Wildman–Crippen LogP) is 4.54. The van der Waals surface area contributed by atoms with Gasteiger partial charge >= 0.3 is 0 Å². The SMILES string of the molecule is Cc1nc2c(c(NC(C)c3noc(-c4ccc(Cl)cc4)n3)n1)CCCC2. The van der Waals surface area contributed by atoms with Gasteiger partial charge in [0.05, 0.1) is 6.04 Å². The number of nitrogens with zero attached hydrogens (tertiary/aromatic N) is 4. The Hall–Kier alpha value is -2.47. The summed E-state index contributed by atoms with van der Waals surface area (Å²) in [6.45, 7) is 3.93. The van der Waals surface area contributed by atoms with Crippen LogP contribution >= 0.6 is 11.6 Å². The average Bonchev–Trinajstić information content (AvgIpc) is 3.12. The van der Waals surface area contributed by atoms with Gasteiger partial charge in [-0.2, -0.15) is 4.98 Å². The molecule has 0 radical (unpaired) electrons. The largest absolute Gasteiger partial charge is 0.360 e.